The molecule has 98 valence electrons. The van der Waals surface area contributed by atoms with Crippen LogP contribution in [0.5, 0.6) is 0 Å². The minimum atomic E-state index is 0.0259. The summed E-state index contributed by atoms with van der Waals surface area (Å²) in [6, 6.07) is 3.53. The highest BCUT2D eigenvalue weighted by Gasteiger charge is 2.19. The first-order chi connectivity index (χ1) is 8.83. The summed E-state index contributed by atoms with van der Waals surface area (Å²) in [4.78, 5) is 18.4. The average molecular weight is 248 g/mol. The van der Waals surface area contributed by atoms with Crippen LogP contribution in [0.2, 0.25) is 0 Å². The Bertz CT molecular complexity index is 400. The van der Waals surface area contributed by atoms with Gasteiger partial charge in [-0.05, 0) is 25.0 Å². The summed E-state index contributed by atoms with van der Waals surface area (Å²) in [5.74, 6) is 5.87. The third-order valence-corrected chi connectivity index (χ3v) is 3.32. The minimum absolute atomic E-state index is 0.0259. The Hall–Kier alpha value is -1.62. The molecule has 0 atom stereocenters. The molecule has 1 aromatic heterocycles. The maximum atomic E-state index is 12.4. The van der Waals surface area contributed by atoms with Gasteiger partial charge >= 0.3 is 0 Å². The number of amides is 1. The van der Waals surface area contributed by atoms with E-state index in [4.69, 9.17) is 5.84 Å². The number of carbonyl (C=O) groups excluding carboxylic acids is 1. The van der Waals surface area contributed by atoms with Gasteiger partial charge in [-0.2, -0.15) is 0 Å². The number of anilines is 1. The monoisotopic (exact) mass is 248 g/mol. The fourth-order valence-corrected chi connectivity index (χ4v) is 2.31. The molecule has 1 amide bonds. The topological polar surface area (TPSA) is 71.2 Å². The molecule has 1 aliphatic heterocycles. The quantitative estimate of drug-likeness (QED) is 0.618. The summed E-state index contributed by atoms with van der Waals surface area (Å²) in [6.07, 6.45) is 7.48. The number of nitrogens with one attached hydrogen (secondary N) is 1. The molecule has 0 unspecified atom stereocenters. The van der Waals surface area contributed by atoms with Gasteiger partial charge in [-0.15, -0.1) is 0 Å². The predicted molar refractivity (Wildman–Crippen MR) is 71.0 cm³/mol. The van der Waals surface area contributed by atoms with Crippen molar-refractivity contribution in [2.45, 2.75) is 32.1 Å². The van der Waals surface area contributed by atoms with E-state index in [1.54, 1.807) is 18.3 Å². The molecule has 0 aliphatic carbocycles. The first kappa shape index (κ1) is 12.8. The van der Waals surface area contributed by atoms with Crippen molar-refractivity contribution in [3.63, 3.8) is 0 Å². The lowest BCUT2D eigenvalue weighted by Crippen LogP contribution is -2.34. The molecule has 1 saturated heterocycles. The van der Waals surface area contributed by atoms with Crippen LogP contribution in [0.25, 0.3) is 0 Å². The zero-order valence-electron chi connectivity index (χ0n) is 10.6. The largest absolute Gasteiger partial charge is 0.339 e. The number of nitrogen functional groups attached to an aromatic ring is 1. The molecule has 2 rings (SSSR count). The van der Waals surface area contributed by atoms with Gasteiger partial charge in [0.15, 0.2) is 5.82 Å². The summed E-state index contributed by atoms with van der Waals surface area (Å²) >= 11 is 0. The Morgan fingerprint density at radius 1 is 1.22 bits per heavy atom. The van der Waals surface area contributed by atoms with E-state index in [9.17, 15) is 4.79 Å². The molecule has 5 nitrogen and oxygen atoms in total. The summed E-state index contributed by atoms with van der Waals surface area (Å²) in [5, 5.41) is 0. The Labute approximate surface area is 107 Å². The van der Waals surface area contributed by atoms with Crippen LogP contribution in [0.4, 0.5) is 5.82 Å². The zero-order valence-corrected chi connectivity index (χ0v) is 10.6. The summed E-state index contributed by atoms with van der Waals surface area (Å²) in [6.45, 7) is 1.66. The number of likely N-dealkylation sites (tertiary alicyclic amines) is 1. The van der Waals surface area contributed by atoms with Crippen molar-refractivity contribution in [2.24, 2.45) is 5.84 Å². The zero-order chi connectivity index (χ0) is 12.8. The summed E-state index contributed by atoms with van der Waals surface area (Å²) in [7, 11) is 0. The van der Waals surface area contributed by atoms with Gasteiger partial charge in [0.25, 0.3) is 5.91 Å². The molecule has 2 heterocycles. The lowest BCUT2D eigenvalue weighted by atomic mass is 10.1. The number of nitrogens with two attached hydrogens (primary N) is 1. The Kier molecular flexibility index (Phi) is 4.52. The van der Waals surface area contributed by atoms with E-state index >= 15 is 0 Å². The van der Waals surface area contributed by atoms with E-state index < -0.39 is 0 Å². The van der Waals surface area contributed by atoms with Gasteiger partial charge in [0.1, 0.15) is 0 Å². The Morgan fingerprint density at radius 2 is 1.89 bits per heavy atom. The fourth-order valence-electron chi connectivity index (χ4n) is 2.31. The third-order valence-electron chi connectivity index (χ3n) is 3.32. The SMILES string of the molecule is NNc1ncccc1C(=O)N1CCCCCCC1. The van der Waals surface area contributed by atoms with E-state index in [1.807, 2.05) is 4.90 Å². The van der Waals surface area contributed by atoms with Crippen LogP contribution >= 0.6 is 0 Å². The van der Waals surface area contributed by atoms with Crippen LogP contribution in [0, 0.1) is 0 Å². The molecule has 3 N–H and O–H groups in total. The van der Waals surface area contributed by atoms with Gasteiger partial charge < -0.3 is 10.3 Å². The number of pyridine rings is 1. The summed E-state index contributed by atoms with van der Waals surface area (Å²) < 4.78 is 0. The van der Waals surface area contributed by atoms with Crippen molar-refractivity contribution in [3.8, 4) is 0 Å². The Morgan fingerprint density at radius 3 is 2.56 bits per heavy atom. The van der Waals surface area contributed by atoms with Gasteiger partial charge in [-0.1, -0.05) is 19.3 Å². The van der Waals surface area contributed by atoms with E-state index in [0.717, 1.165) is 25.9 Å². The highest BCUT2D eigenvalue weighted by molar-refractivity contribution is 5.98. The lowest BCUT2D eigenvalue weighted by molar-refractivity contribution is 0.0743. The maximum absolute atomic E-state index is 12.4. The van der Waals surface area contributed by atoms with Crippen LogP contribution < -0.4 is 11.3 Å². The molecular weight excluding hydrogens is 228 g/mol. The first-order valence-electron chi connectivity index (χ1n) is 6.54. The normalized spacial score (nSPS) is 16.8. The fraction of sp³-hybridized carbons (Fsp3) is 0.538. The van der Waals surface area contributed by atoms with Crippen molar-refractivity contribution in [1.82, 2.24) is 9.88 Å². The van der Waals surface area contributed by atoms with E-state index in [-0.39, 0.29) is 5.91 Å². The number of hydrazine groups is 1. The van der Waals surface area contributed by atoms with E-state index in [2.05, 4.69) is 10.4 Å². The Balaban J connectivity index is 2.13. The standard InChI is InChI=1S/C13H20N4O/c14-16-12-11(7-6-8-15-12)13(18)17-9-4-2-1-3-5-10-17/h6-8H,1-5,9-10,14H2,(H,15,16). The van der Waals surface area contributed by atoms with Crippen LogP contribution in [0.15, 0.2) is 18.3 Å². The number of rotatable bonds is 2. The molecule has 0 aromatic carbocycles. The number of nitrogens with zero attached hydrogens (tertiary/aromatic N) is 2. The second-order valence-corrected chi connectivity index (χ2v) is 4.60. The number of hydrogen-bond acceptors (Lipinski definition) is 4. The van der Waals surface area contributed by atoms with Gasteiger partial charge in [-0.25, -0.2) is 10.8 Å². The molecule has 0 saturated carbocycles. The lowest BCUT2D eigenvalue weighted by Gasteiger charge is -2.25. The van der Waals surface area contributed by atoms with Crippen molar-refractivity contribution in [2.75, 3.05) is 18.5 Å². The van der Waals surface area contributed by atoms with Crippen molar-refractivity contribution in [1.29, 1.82) is 0 Å². The molecule has 18 heavy (non-hydrogen) atoms. The second kappa shape index (κ2) is 6.35. The number of carbonyl (C=O) groups is 1. The molecule has 1 fully saturated rings. The van der Waals surface area contributed by atoms with Gasteiger partial charge in [0.2, 0.25) is 0 Å². The second-order valence-electron chi connectivity index (χ2n) is 4.60. The smallest absolute Gasteiger partial charge is 0.257 e. The van der Waals surface area contributed by atoms with Crippen LogP contribution in [0.1, 0.15) is 42.5 Å². The predicted octanol–water partition coefficient (Wildman–Crippen LogP) is 1.77. The molecule has 1 aliphatic rings. The number of aromatic nitrogens is 1. The van der Waals surface area contributed by atoms with Gasteiger partial charge in [0, 0.05) is 19.3 Å². The average Bonchev–Trinajstić information content (AvgIpc) is 2.37. The third kappa shape index (κ3) is 2.98. The van der Waals surface area contributed by atoms with Crippen LogP contribution in [0.3, 0.4) is 0 Å². The summed E-state index contributed by atoms with van der Waals surface area (Å²) in [5.41, 5.74) is 3.04. The van der Waals surface area contributed by atoms with E-state index in [0.29, 0.717) is 11.4 Å². The molecule has 0 spiro atoms. The molecular formula is C13H20N4O. The van der Waals surface area contributed by atoms with Crippen LogP contribution in [-0.2, 0) is 0 Å². The molecule has 1 aromatic rings. The highest BCUT2D eigenvalue weighted by Crippen LogP contribution is 2.17. The van der Waals surface area contributed by atoms with Crippen molar-refractivity contribution < 1.29 is 4.79 Å². The van der Waals surface area contributed by atoms with Crippen LogP contribution in [-0.4, -0.2) is 28.9 Å². The van der Waals surface area contributed by atoms with Crippen molar-refractivity contribution in [3.05, 3.63) is 23.9 Å². The highest BCUT2D eigenvalue weighted by atomic mass is 16.2. The maximum Gasteiger partial charge on any atom is 0.257 e. The minimum Gasteiger partial charge on any atom is -0.339 e. The molecule has 5 heteroatoms. The van der Waals surface area contributed by atoms with Gasteiger partial charge in [-0.3, -0.25) is 4.79 Å². The van der Waals surface area contributed by atoms with Gasteiger partial charge in [0.05, 0.1) is 5.56 Å². The number of hydrogen-bond donors (Lipinski definition) is 2. The molecule has 0 bridgehead atoms. The first-order valence-corrected chi connectivity index (χ1v) is 6.54. The van der Waals surface area contributed by atoms with E-state index in [1.165, 1.54) is 19.3 Å². The van der Waals surface area contributed by atoms with Crippen molar-refractivity contribution >= 4 is 11.7 Å². The molecule has 0 radical (unpaired) electrons.